The highest BCUT2D eigenvalue weighted by Crippen LogP contribution is 2.17. The predicted octanol–water partition coefficient (Wildman–Crippen LogP) is 1.73. The van der Waals surface area contributed by atoms with E-state index in [0.717, 1.165) is 19.5 Å². The summed E-state index contributed by atoms with van der Waals surface area (Å²) in [5.41, 5.74) is 6.02. The van der Waals surface area contributed by atoms with Gasteiger partial charge in [0.1, 0.15) is 5.82 Å². The van der Waals surface area contributed by atoms with Crippen molar-refractivity contribution in [1.29, 1.82) is 0 Å². The molecule has 0 saturated heterocycles. The normalized spacial score (nSPS) is 10.8. The monoisotopic (exact) mass is 284 g/mol. The third-order valence-electron chi connectivity index (χ3n) is 2.82. The Hall–Kier alpha value is -1.33. The maximum atomic E-state index is 12.3. The molecule has 6 heteroatoms. The lowest BCUT2D eigenvalue weighted by molar-refractivity contribution is 0.0759. The van der Waals surface area contributed by atoms with E-state index in [-0.39, 0.29) is 11.7 Å². The molecule has 5 nitrogen and oxygen atoms in total. The number of nitrogen functional groups attached to an aromatic ring is 1. The van der Waals surface area contributed by atoms with Crippen molar-refractivity contribution in [3.05, 3.63) is 22.8 Å². The molecule has 0 spiro atoms. The molecule has 1 amide bonds. The topological polar surface area (TPSA) is 62.5 Å². The summed E-state index contributed by atoms with van der Waals surface area (Å²) >= 11 is 5.89. The summed E-state index contributed by atoms with van der Waals surface area (Å²) < 4.78 is 0. The number of nitrogens with zero attached hydrogens (tertiary/aromatic N) is 3. The first-order valence-electron chi connectivity index (χ1n) is 6.30. The van der Waals surface area contributed by atoms with Gasteiger partial charge in [0.15, 0.2) is 0 Å². The van der Waals surface area contributed by atoms with Crippen LogP contribution < -0.4 is 5.73 Å². The van der Waals surface area contributed by atoms with Crippen LogP contribution in [0.15, 0.2) is 12.3 Å². The molecule has 0 aliphatic heterocycles. The zero-order chi connectivity index (χ0) is 14.4. The van der Waals surface area contributed by atoms with Crippen LogP contribution in [-0.4, -0.2) is 54.4 Å². The molecule has 2 N–H and O–H groups in total. The van der Waals surface area contributed by atoms with E-state index in [1.165, 1.54) is 6.20 Å². The average Bonchev–Trinajstić information content (AvgIpc) is 2.37. The molecule has 0 aliphatic rings. The van der Waals surface area contributed by atoms with Gasteiger partial charge in [-0.1, -0.05) is 11.6 Å². The number of nitrogens with two attached hydrogens (primary N) is 1. The number of carbonyl (C=O) groups is 1. The number of pyridine rings is 1. The van der Waals surface area contributed by atoms with Gasteiger partial charge in [0.25, 0.3) is 5.91 Å². The van der Waals surface area contributed by atoms with Crippen molar-refractivity contribution in [1.82, 2.24) is 14.8 Å². The van der Waals surface area contributed by atoms with Crippen molar-refractivity contribution in [3.8, 4) is 0 Å². The Bertz CT molecular complexity index is 437. The van der Waals surface area contributed by atoms with Crippen LogP contribution in [0.25, 0.3) is 0 Å². The van der Waals surface area contributed by atoms with Crippen LogP contribution in [0.2, 0.25) is 5.02 Å². The summed E-state index contributed by atoms with van der Waals surface area (Å²) in [6.07, 6.45) is 2.40. The fourth-order valence-corrected chi connectivity index (χ4v) is 1.90. The molecule has 0 radical (unpaired) electrons. The van der Waals surface area contributed by atoms with E-state index >= 15 is 0 Å². The molecule has 0 aliphatic carbocycles. The van der Waals surface area contributed by atoms with Crippen LogP contribution in [0.3, 0.4) is 0 Å². The van der Waals surface area contributed by atoms with E-state index < -0.39 is 0 Å². The molecule has 0 atom stereocenters. The van der Waals surface area contributed by atoms with Gasteiger partial charge in [-0.2, -0.15) is 0 Å². The highest BCUT2D eigenvalue weighted by molar-refractivity contribution is 6.33. The second kappa shape index (κ2) is 7.31. The van der Waals surface area contributed by atoms with Crippen LogP contribution in [0.1, 0.15) is 23.7 Å². The molecule has 106 valence electrons. The Morgan fingerprint density at radius 2 is 2.11 bits per heavy atom. The van der Waals surface area contributed by atoms with Gasteiger partial charge in [0.2, 0.25) is 0 Å². The summed E-state index contributed by atoms with van der Waals surface area (Å²) in [5, 5.41) is 0.315. The van der Waals surface area contributed by atoms with E-state index in [2.05, 4.69) is 9.88 Å². The summed E-state index contributed by atoms with van der Waals surface area (Å²) in [5.74, 6) is 0.185. The molecular weight excluding hydrogens is 264 g/mol. The summed E-state index contributed by atoms with van der Waals surface area (Å²) in [7, 11) is 4.03. The highest BCUT2D eigenvalue weighted by atomic mass is 35.5. The Balaban J connectivity index is 2.69. The van der Waals surface area contributed by atoms with Gasteiger partial charge in [-0.25, -0.2) is 4.98 Å². The summed E-state index contributed by atoms with van der Waals surface area (Å²) in [6.45, 7) is 4.29. The molecule has 1 heterocycles. The predicted molar refractivity (Wildman–Crippen MR) is 78.4 cm³/mol. The van der Waals surface area contributed by atoms with Crippen LogP contribution in [0.5, 0.6) is 0 Å². The van der Waals surface area contributed by atoms with Gasteiger partial charge < -0.3 is 15.5 Å². The van der Waals surface area contributed by atoms with E-state index in [1.54, 1.807) is 11.0 Å². The largest absolute Gasteiger partial charge is 0.382 e. The van der Waals surface area contributed by atoms with Gasteiger partial charge in [0, 0.05) is 19.3 Å². The minimum absolute atomic E-state index is 0.0596. The van der Waals surface area contributed by atoms with Crippen LogP contribution >= 0.6 is 11.6 Å². The van der Waals surface area contributed by atoms with Crippen molar-refractivity contribution >= 4 is 23.3 Å². The van der Waals surface area contributed by atoms with Gasteiger partial charge in [-0.3, -0.25) is 4.79 Å². The SMILES string of the molecule is CCN(CCCN(C)C)C(=O)c1cnc(N)c(Cl)c1. The van der Waals surface area contributed by atoms with Crippen molar-refractivity contribution in [2.75, 3.05) is 39.5 Å². The number of aromatic nitrogens is 1. The average molecular weight is 285 g/mol. The third-order valence-corrected chi connectivity index (χ3v) is 3.12. The standard InChI is InChI=1S/C13H21ClN4O/c1-4-18(7-5-6-17(2)3)13(19)10-8-11(14)12(15)16-9-10/h8-9H,4-7H2,1-3H3,(H2,15,16). The molecule has 1 aromatic heterocycles. The fourth-order valence-electron chi connectivity index (χ4n) is 1.73. The molecular formula is C13H21ClN4O. The van der Waals surface area contributed by atoms with Gasteiger partial charge in [-0.05, 0) is 40.1 Å². The van der Waals surface area contributed by atoms with Gasteiger partial charge in [-0.15, -0.1) is 0 Å². The van der Waals surface area contributed by atoms with E-state index in [0.29, 0.717) is 17.1 Å². The maximum absolute atomic E-state index is 12.3. The van der Waals surface area contributed by atoms with Crippen LogP contribution in [-0.2, 0) is 0 Å². The Morgan fingerprint density at radius 3 is 2.63 bits per heavy atom. The molecule has 0 fully saturated rings. The number of halogens is 1. The van der Waals surface area contributed by atoms with Crippen molar-refractivity contribution in [3.63, 3.8) is 0 Å². The first kappa shape index (κ1) is 15.7. The molecule has 0 unspecified atom stereocenters. The lowest BCUT2D eigenvalue weighted by Gasteiger charge is -2.22. The van der Waals surface area contributed by atoms with E-state index in [9.17, 15) is 4.79 Å². The third kappa shape index (κ3) is 4.69. The zero-order valence-corrected chi connectivity index (χ0v) is 12.4. The van der Waals surface area contributed by atoms with Crippen molar-refractivity contribution < 1.29 is 4.79 Å². The minimum Gasteiger partial charge on any atom is -0.382 e. The number of hydrogen-bond donors (Lipinski definition) is 1. The lowest BCUT2D eigenvalue weighted by atomic mass is 10.2. The summed E-state index contributed by atoms with van der Waals surface area (Å²) in [6, 6.07) is 1.57. The number of hydrogen-bond acceptors (Lipinski definition) is 4. The number of carbonyl (C=O) groups excluding carboxylic acids is 1. The quantitative estimate of drug-likeness (QED) is 0.864. The Labute approximate surface area is 119 Å². The Kier molecular flexibility index (Phi) is 6.05. The second-order valence-corrected chi connectivity index (χ2v) is 5.04. The fraction of sp³-hybridized carbons (Fsp3) is 0.538. The molecule has 0 bridgehead atoms. The molecule has 1 rings (SSSR count). The molecule has 1 aromatic rings. The highest BCUT2D eigenvalue weighted by Gasteiger charge is 2.15. The first-order chi connectivity index (χ1) is 8.95. The summed E-state index contributed by atoms with van der Waals surface area (Å²) in [4.78, 5) is 20.1. The number of amides is 1. The lowest BCUT2D eigenvalue weighted by Crippen LogP contribution is -2.33. The zero-order valence-electron chi connectivity index (χ0n) is 11.7. The van der Waals surface area contributed by atoms with Crippen molar-refractivity contribution in [2.45, 2.75) is 13.3 Å². The second-order valence-electron chi connectivity index (χ2n) is 4.63. The first-order valence-corrected chi connectivity index (χ1v) is 6.68. The van der Waals surface area contributed by atoms with Crippen LogP contribution in [0, 0.1) is 0 Å². The van der Waals surface area contributed by atoms with E-state index in [1.807, 2.05) is 21.0 Å². The van der Waals surface area contributed by atoms with Crippen LogP contribution in [0.4, 0.5) is 5.82 Å². The van der Waals surface area contributed by atoms with Gasteiger partial charge >= 0.3 is 0 Å². The Morgan fingerprint density at radius 1 is 1.42 bits per heavy atom. The van der Waals surface area contributed by atoms with Crippen molar-refractivity contribution in [2.24, 2.45) is 0 Å². The smallest absolute Gasteiger partial charge is 0.255 e. The van der Waals surface area contributed by atoms with Gasteiger partial charge in [0.05, 0.1) is 10.6 Å². The number of rotatable bonds is 6. The molecule has 19 heavy (non-hydrogen) atoms. The van der Waals surface area contributed by atoms with E-state index in [4.69, 9.17) is 17.3 Å². The maximum Gasteiger partial charge on any atom is 0.255 e. The number of anilines is 1. The molecule has 0 aromatic carbocycles. The minimum atomic E-state index is -0.0596. The molecule has 0 saturated carbocycles.